The molecule has 0 saturated heterocycles. The molecule has 0 aromatic carbocycles. The molecule has 2 unspecified atom stereocenters. The van der Waals surface area contributed by atoms with Crippen LogP contribution >= 0.6 is 0 Å². The SMILES string of the molecule is COCCCOCCNC1CCCC1OC. The minimum atomic E-state index is 0.397. The first kappa shape index (κ1) is 13.9. The van der Waals surface area contributed by atoms with Gasteiger partial charge in [-0.25, -0.2) is 0 Å². The van der Waals surface area contributed by atoms with E-state index >= 15 is 0 Å². The zero-order valence-corrected chi connectivity index (χ0v) is 10.5. The first-order valence-corrected chi connectivity index (χ1v) is 6.21. The van der Waals surface area contributed by atoms with Gasteiger partial charge in [-0.2, -0.15) is 0 Å². The molecule has 0 aromatic heterocycles. The monoisotopic (exact) mass is 231 g/mol. The van der Waals surface area contributed by atoms with Gasteiger partial charge in [-0.1, -0.05) is 0 Å². The molecule has 1 aliphatic carbocycles. The highest BCUT2D eigenvalue weighted by Gasteiger charge is 2.25. The predicted octanol–water partition coefficient (Wildman–Crippen LogP) is 1.20. The van der Waals surface area contributed by atoms with Gasteiger partial charge in [-0.05, 0) is 25.7 Å². The van der Waals surface area contributed by atoms with Crippen LogP contribution in [0.5, 0.6) is 0 Å². The van der Waals surface area contributed by atoms with Crippen LogP contribution in [0.3, 0.4) is 0 Å². The quantitative estimate of drug-likeness (QED) is 0.605. The van der Waals surface area contributed by atoms with Gasteiger partial charge in [0.05, 0.1) is 12.7 Å². The van der Waals surface area contributed by atoms with E-state index < -0.39 is 0 Å². The number of nitrogens with one attached hydrogen (secondary N) is 1. The summed E-state index contributed by atoms with van der Waals surface area (Å²) in [7, 11) is 3.51. The first-order valence-electron chi connectivity index (χ1n) is 6.21. The molecular weight excluding hydrogens is 206 g/mol. The minimum Gasteiger partial charge on any atom is -0.385 e. The lowest BCUT2D eigenvalue weighted by Gasteiger charge is -2.19. The van der Waals surface area contributed by atoms with Crippen LogP contribution in [0.4, 0.5) is 0 Å². The molecule has 1 rings (SSSR count). The van der Waals surface area contributed by atoms with Crippen molar-refractivity contribution in [1.82, 2.24) is 5.32 Å². The Labute approximate surface area is 98.6 Å². The fourth-order valence-electron chi connectivity index (χ4n) is 2.17. The maximum absolute atomic E-state index is 5.48. The lowest BCUT2D eigenvalue weighted by molar-refractivity contribution is 0.0749. The summed E-state index contributed by atoms with van der Waals surface area (Å²) in [6.45, 7) is 3.25. The Morgan fingerprint density at radius 1 is 1.12 bits per heavy atom. The molecule has 1 fully saturated rings. The number of ether oxygens (including phenoxy) is 3. The molecule has 0 amide bonds. The minimum absolute atomic E-state index is 0.397. The van der Waals surface area contributed by atoms with Gasteiger partial charge in [0.25, 0.3) is 0 Å². The molecule has 2 atom stereocenters. The third-order valence-electron chi connectivity index (χ3n) is 3.05. The molecule has 0 spiro atoms. The highest BCUT2D eigenvalue weighted by molar-refractivity contribution is 4.83. The second-order valence-electron chi connectivity index (χ2n) is 4.22. The van der Waals surface area contributed by atoms with E-state index in [1.54, 1.807) is 14.2 Å². The molecule has 1 saturated carbocycles. The first-order chi connectivity index (χ1) is 7.88. The zero-order valence-electron chi connectivity index (χ0n) is 10.5. The lowest BCUT2D eigenvalue weighted by atomic mass is 10.2. The maximum Gasteiger partial charge on any atom is 0.0724 e. The molecule has 0 aliphatic heterocycles. The molecule has 1 aliphatic rings. The largest absolute Gasteiger partial charge is 0.385 e. The summed E-state index contributed by atoms with van der Waals surface area (Å²) >= 11 is 0. The summed E-state index contributed by atoms with van der Waals surface area (Å²) in [4.78, 5) is 0. The molecule has 0 bridgehead atoms. The van der Waals surface area contributed by atoms with Crippen molar-refractivity contribution in [1.29, 1.82) is 0 Å². The van der Waals surface area contributed by atoms with Gasteiger partial charge in [0.2, 0.25) is 0 Å². The third-order valence-corrected chi connectivity index (χ3v) is 3.05. The fourth-order valence-corrected chi connectivity index (χ4v) is 2.17. The van der Waals surface area contributed by atoms with Crippen molar-refractivity contribution >= 4 is 0 Å². The van der Waals surface area contributed by atoms with Gasteiger partial charge in [0.1, 0.15) is 0 Å². The van der Waals surface area contributed by atoms with Crippen LogP contribution in [0.15, 0.2) is 0 Å². The smallest absolute Gasteiger partial charge is 0.0724 e. The average Bonchev–Trinajstić information content (AvgIpc) is 2.75. The summed E-state index contributed by atoms with van der Waals surface area (Å²) in [6.07, 6.45) is 5.05. The van der Waals surface area contributed by atoms with Crippen molar-refractivity contribution in [2.24, 2.45) is 0 Å². The van der Waals surface area contributed by atoms with Crippen molar-refractivity contribution in [3.8, 4) is 0 Å². The van der Waals surface area contributed by atoms with Crippen LogP contribution in [-0.2, 0) is 14.2 Å². The van der Waals surface area contributed by atoms with E-state index in [-0.39, 0.29) is 0 Å². The topological polar surface area (TPSA) is 39.7 Å². The van der Waals surface area contributed by atoms with Crippen molar-refractivity contribution in [2.75, 3.05) is 40.6 Å². The van der Waals surface area contributed by atoms with Crippen molar-refractivity contribution in [3.05, 3.63) is 0 Å². The Kier molecular flexibility index (Phi) is 7.76. The lowest BCUT2D eigenvalue weighted by Crippen LogP contribution is -2.38. The molecule has 1 N–H and O–H groups in total. The summed E-state index contributed by atoms with van der Waals surface area (Å²) < 4.78 is 15.8. The predicted molar refractivity (Wildman–Crippen MR) is 63.8 cm³/mol. The van der Waals surface area contributed by atoms with E-state index in [0.29, 0.717) is 12.1 Å². The number of methoxy groups -OCH3 is 2. The molecule has 96 valence electrons. The third kappa shape index (κ3) is 5.25. The Balaban J connectivity index is 1.90. The van der Waals surface area contributed by atoms with E-state index in [1.165, 1.54) is 19.3 Å². The summed E-state index contributed by atoms with van der Waals surface area (Å²) in [5.41, 5.74) is 0. The van der Waals surface area contributed by atoms with Gasteiger partial charge < -0.3 is 19.5 Å². The van der Waals surface area contributed by atoms with Gasteiger partial charge in [-0.3, -0.25) is 0 Å². The van der Waals surface area contributed by atoms with E-state index in [0.717, 1.165) is 32.8 Å². The second kappa shape index (κ2) is 8.93. The van der Waals surface area contributed by atoms with E-state index in [1.807, 2.05) is 0 Å². The van der Waals surface area contributed by atoms with Crippen LogP contribution in [0.2, 0.25) is 0 Å². The molecule has 16 heavy (non-hydrogen) atoms. The Hall–Kier alpha value is -0.160. The van der Waals surface area contributed by atoms with Crippen LogP contribution in [0.1, 0.15) is 25.7 Å². The molecule has 0 aromatic rings. The Bertz CT molecular complexity index is 166. The highest BCUT2D eigenvalue weighted by atomic mass is 16.5. The molecule has 4 nitrogen and oxygen atoms in total. The number of rotatable bonds is 9. The second-order valence-corrected chi connectivity index (χ2v) is 4.22. The van der Waals surface area contributed by atoms with E-state index in [4.69, 9.17) is 14.2 Å². The van der Waals surface area contributed by atoms with Crippen LogP contribution in [0.25, 0.3) is 0 Å². The van der Waals surface area contributed by atoms with Crippen LogP contribution < -0.4 is 5.32 Å². The maximum atomic E-state index is 5.48. The zero-order chi connectivity index (χ0) is 11.6. The standard InChI is InChI=1S/C12H25NO3/c1-14-8-4-9-16-10-7-13-11-5-3-6-12(11)15-2/h11-13H,3-10H2,1-2H3. The Morgan fingerprint density at radius 3 is 2.75 bits per heavy atom. The van der Waals surface area contributed by atoms with Gasteiger partial charge >= 0.3 is 0 Å². The normalized spacial score (nSPS) is 25.1. The van der Waals surface area contributed by atoms with E-state index in [2.05, 4.69) is 5.32 Å². The molecule has 0 radical (unpaired) electrons. The number of hydrogen-bond acceptors (Lipinski definition) is 4. The van der Waals surface area contributed by atoms with E-state index in [9.17, 15) is 0 Å². The summed E-state index contributed by atoms with van der Waals surface area (Å²) in [5, 5.41) is 3.49. The summed E-state index contributed by atoms with van der Waals surface area (Å²) in [6, 6.07) is 0.521. The van der Waals surface area contributed by atoms with Crippen LogP contribution in [0, 0.1) is 0 Å². The van der Waals surface area contributed by atoms with Crippen molar-refractivity contribution in [3.63, 3.8) is 0 Å². The van der Waals surface area contributed by atoms with Crippen molar-refractivity contribution in [2.45, 2.75) is 37.8 Å². The molecule has 4 heteroatoms. The molecule has 0 heterocycles. The summed E-state index contributed by atoms with van der Waals surface area (Å²) in [5.74, 6) is 0. The Morgan fingerprint density at radius 2 is 2.00 bits per heavy atom. The average molecular weight is 231 g/mol. The van der Waals surface area contributed by atoms with Gasteiger partial charge in [0.15, 0.2) is 0 Å². The fraction of sp³-hybridized carbons (Fsp3) is 1.00. The van der Waals surface area contributed by atoms with Gasteiger partial charge in [-0.15, -0.1) is 0 Å². The van der Waals surface area contributed by atoms with Crippen LogP contribution in [-0.4, -0.2) is 52.7 Å². The highest BCUT2D eigenvalue weighted by Crippen LogP contribution is 2.21. The number of hydrogen-bond donors (Lipinski definition) is 1. The molecular formula is C12H25NO3. The van der Waals surface area contributed by atoms with Crippen molar-refractivity contribution < 1.29 is 14.2 Å². The van der Waals surface area contributed by atoms with Gasteiger partial charge in [0, 0.05) is 40.0 Å².